The van der Waals surface area contributed by atoms with Crippen LogP contribution in [0.25, 0.3) is 0 Å². The lowest BCUT2D eigenvalue weighted by Crippen LogP contribution is -2.07. The van der Waals surface area contributed by atoms with Gasteiger partial charge in [-0.3, -0.25) is 4.79 Å². The molecule has 0 aromatic carbocycles. The van der Waals surface area contributed by atoms with Crippen molar-refractivity contribution in [2.45, 2.75) is 9.37 Å². The topological polar surface area (TPSA) is 74.8 Å². The molecular formula is C8H8ClN5OS2. The molecule has 0 saturated carbocycles. The largest absolute Gasteiger partial charge is 0.353 e. The molecule has 17 heavy (non-hydrogen) atoms. The first kappa shape index (κ1) is 12.3. The fraction of sp³-hybridized carbons (Fsp3) is 0.250. The van der Waals surface area contributed by atoms with Gasteiger partial charge < -0.3 is 9.88 Å². The van der Waals surface area contributed by atoms with E-state index < -0.39 is 0 Å². The van der Waals surface area contributed by atoms with Crippen LogP contribution in [0.5, 0.6) is 0 Å². The van der Waals surface area contributed by atoms with Gasteiger partial charge in [0.1, 0.15) is 10.0 Å². The van der Waals surface area contributed by atoms with Crippen LogP contribution >= 0.6 is 34.7 Å². The van der Waals surface area contributed by atoms with Crippen molar-refractivity contribution in [3.63, 3.8) is 0 Å². The predicted octanol–water partition coefficient (Wildman–Crippen LogP) is 1.49. The zero-order chi connectivity index (χ0) is 12.4. The Kier molecular flexibility index (Phi) is 3.65. The van der Waals surface area contributed by atoms with E-state index in [9.17, 15) is 4.79 Å². The summed E-state index contributed by atoms with van der Waals surface area (Å²) < 4.78 is 0.689. The van der Waals surface area contributed by atoms with Gasteiger partial charge in [0.15, 0.2) is 4.34 Å². The lowest BCUT2D eigenvalue weighted by Gasteiger charge is -2.03. The number of aromatic nitrogens is 4. The van der Waals surface area contributed by atoms with E-state index in [2.05, 4.69) is 20.2 Å². The molecule has 0 saturated heterocycles. The van der Waals surface area contributed by atoms with E-state index in [-0.39, 0.29) is 10.6 Å². The first-order chi connectivity index (χ1) is 8.08. The lowest BCUT2D eigenvalue weighted by molar-refractivity contribution is 0.966. The van der Waals surface area contributed by atoms with Gasteiger partial charge >= 0.3 is 0 Å². The number of hydrogen-bond acceptors (Lipinski definition) is 7. The van der Waals surface area contributed by atoms with Crippen molar-refractivity contribution in [1.29, 1.82) is 0 Å². The Labute approximate surface area is 110 Å². The van der Waals surface area contributed by atoms with E-state index in [0.717, 1.165) is 5.13 Å². The summed E-state index contributed by atoms with van der Waals surface area (Å²) in [6.45, 7) is 0. The third-order valence-electron chi connectivity index (χ3n) is 1.73. The molecule has 1 N–H and O–H groups in total. The number of halogens is 1. The third-order valence-corrected chi connectivity index (χ3v) is 4.33. The van der Waals surface area contributed by atoms with Crippen LogP contribution in [-0.2, 0) is 0 Å². The van der Waals surface area contributed by atoms with E-state index in [1.54, 1.807) is 0 Å². The first-order valence-corrected chi connectivity index (χ1v) is 6.51. The second-order valence-electron chi connectivity index (χ2n) is 3.20. The molecule has 0 unspecified atom stereocenters. The molecule has 0 amide bonds. The fourth-order valence-electron chi connectivity index (χ4n) is 0.945. The lowest BCUT2D eigenvalue weighted by atomic mass is 10.7. The molecule has 0 aliphatic rings. The maximum Gasteiger partial charge on any atom is 0.270 e. The van der Waals surface area contributed by atoms with Gasteiger partial charge in [0.25, 0.3) is 5.56 Å². The van der Waals surface area contributed by atoms with E-state index in [4.69, 9.17) is 11.6 Å². The van der Waals surface area contributed by atoms with E-state index in [1.807, 2.05) is 19.0 Å². The van der Waals surface area contributed by atoms with E-state index in [1.165, 1.54) is 29.4 Å². The highest BCUT2D eigenvalue weighted by Gasteiger charge is 2.12. The Hall–Kier alpha value is -1.12. The summed E-state index contributed by atoms with van der Waals surface area (Å²) >= 11 is 8.46. The van der Waals surface area contributed by atoms with Crippen molar-refractivity contribution in [2.24, 2.45) is 0 Å². The average molecular weight is 290 g/mol. The monoisotopic (exact) mass is 289 g/mol. The molecule has 2 aromatic rings. The number of H-pyrrole nitrogens is 1. The molecule has 2 rings (SSSR count). The average Bonchev–Trinajstić information content (AvgIpc) is 2.73. The molecule has 0 bridgehead atoms. The van der Waals surface area contributed by atoms with Gasteiger partial charge in [-0.25, -0.2) is 4.98 Å². The maximum absolute atomic E-state index is 11.3. The van der Waals surface area contributed by atoms with Crippen molar-refractivity contribution in [3.8, 4) is 0 Å². The Morgan fingerprint density at radius 2 is 2.24 bits per heavy atom. The Bertz CT molecular complexity index is 581. The highest BCUT2D eigenvalue weighted by Crippen LogP contribution is 2.33. The summed E-state index contributed by atoms with van der Waals surface area (Å²) in [7, 11) is 3.76. The van der Waals surface area contributed by atoms with E-state index >= 15 is 0 Å². The second kappa shape index (κ2) is 5.03. The van der Waals surface area contributed by atoms with Crippen molar-refractivity contribution >= 4 is 39.8 Å². The molecular weight excluding hydrogens is 282 g/mol. The van der Waals surface area contributed by atoms with Crippen molar-refractivity contribution in [2.75, 3.05) is 19.0 Å². The van der Waals surface area contributed by atoms with Crippen LogP contribution in [0.1, 0.15) is 0 Å². The summed E-state index contributed by atoms with van der Waals surface area (Å²) in [5, 5.41) is 9.25. The standard InChI is InChI=1S/C8H8ClN5OS2/c1-14(2)7-12-13-8(17-7)16-6-4(9)5(15)10-3-11-6/h3H,1-2H3,(H,10,11,15). The molecule has 0 aliphatic carbocycles. The predicted molar refractivity (Wildman–Crippen MR) is 68.2 cm³/mol. The highest BCUT2D eigenvalue weighted by molar-refractivity contribution is 8.01. The molecule has 0 fully saturated rings. The van der Waals surface area contributed by atoms with Crippen LogP contribution in [-0.4, -0.2) is 34.3 Å². The number of anilines is 1. The normalized spacial score (nSPS) is 10.5. The Morgan fingerprint density at radius 3 is 2.88 bits per heavy atom. The van der Waals surface area contributed by atoms with Gasteiger partial charge in [0.05, 0.1) is 6.33 Å². The van der Waals surface area contributed by atoms with Gasteiger partial charge in [-0.1, -0.05) is 22.9 Å². The molecule has 90 valence electrons. The van der Waals surface area contributed by atoms with Crippen molar-refractivity contribution in [1.82, 2.24) is 20.2 Å². The smallest absolute Gasteiger partial charge is 0.270 e. The minimum atomic E-state index is -0.360. The number of nitrogens with zero attached hydrogens (tertiary/aromatic N) is 4. The maximum atomic E-state index is 11.3. The first-order valence-electron chi connectivity index (χ1n) is 4.50. The van der Waals surface area contributed by atoms with Crippen LogP contribution in [0.3, 0.4) is 0 Å². The summed E-state index contributed by atoms with van der Waals surface area (Å²) in [5.74, 6) is 0. The number of aromatic amines is 1. The van der Waals surface area contributed by atoms with Crippen LogP contribution < -0.4 is 10.5 Å². The quantitative estimate of drug-likeness (QED) is 0.863. The van der Waals surface area contributed by atoms with Gasteiger partial charge in [0, 0.05) is 14.1 Å². The molecule has 2 heterocycles. The van der Waals surface area contributed by atoms with Crippen LogP contribution in [0.15, 0.2) is 20.5 Å². The molecule has 6 nitrogen and oxygen atoms in total. The summed E-state index contributed by atoms with van der Waals surface area (Å²) in [6, 6.07) is 0. The summed E-state index contributed by atoms with van der Waals surface area (Å²) in [6.07, 6.45) is 1.31. The highest BCUT2D eigenvalue weighted by atomic mass is 35.5. The van der Waals surface area contributed by atoms with Gasteiger partial charge in [-0.05, 0) is 11.8 Å². The molecule has 0 atom stereocenters. The molecule has 0 radical (unpaired) electrons. The zero-order valence-corrected chi connectivity index (χ0v) is 11.4. The zero-order valence-electron chi connectivity index (χ0n) is 8.97. The van der Waals surface area contributed by atoms with Gasteiger partial charge in [0.2, 0.25) is 5.13 Å². The van der Waals surface area contributed by atoms with Crippen LogP contribution in [0.2, 0.25) is 5.02 Å². The van der Waals surface area contributed by atoms with Crippen LogP contribution in [0, 0.1) is 0 Å². The van der Waals surface area contributed by atoms with Crippen molar-refractivity contribution in [3.05, 3.63) is 21.7 Å². The molecule has 0 spiro atoms. The van der Waals surface area contributed by atoms with Gasteiger partial charge in [-0.2, -0.15) is 0 Å². The third kappa shape index (κ3) is 2.76. The molecule has 0 aliphatic heterocycles. The minimum Gasteiger partial charge on any atom is -0.353 e. The SMILES string of the molecule is CN(C)c1nnc(Sc2nc[nH]c(=O)c2Cl)s1. The summed E-state index contributed by atoms with van der Waals surface area (Å²) in [4.78, 5) is 19.5. The Morgan fingerprint density at radius 1 is 1.47 bits per heavy atom. The number of hydrogen-bond donors (Lipinski definition) is 1. The van der Waals surface area contributed by atoms with Crippen molar-refractivity contribution < 1.29 is 0 Å². The Balaban J connectivity index is 2.25. The van der Waals surface area contributed by atoms with E-state index in [0.29, 0.717) is 9.37 Å². The number of nitrogens with one attached hydrogen (secondary N) is 1. The molecule has 2 aromatic heterocycles. The number of rotatable bonds is 3. The minimum absolute atomic E-state index is 0.0686. The fourth-order valence-corrected chi connectivity index (χ4v) is 2.83. The molecule has 9 heteroatoms. The van der Waals surface area contributed by atoms with Gasteiger partial charge in [-0.15, -0.1) is 10.2 Å². The second-order valence-corrected chi connectivity index (χ2v) is 5.77. The summed E-state index contributed by atoms with van der Waals surface area (Å²) in [5.41, 5.74) is -0.360. The van der Waals surface area contributed by atoms with Crippen LogP contribution in [0.4, 0.5) is 5.13 Å².